The van der Waals surface area contributed by atoms with Gasteiger partial charge in [0.2, 0.25) is 15.6 Å². The molecular formula is C28H36Cl3N3O5S. The van der Waals surface area contributed by atoms with E-state index in [1.807, 2.05) is 42.5 Å². The number of benzene rings is 2. The van der Waals surface area contributed by atoms with Crippen LogP contribution in [0, 0.1) is 0 Å². The van der Waals surface area contributed by atoms with Crippen LogP contribution < -0.4 is 15.4 Å². The van der Waals surface area contributed by atoms with Gasteiger partial charge in [-0.25, -0.2) is 4.79 Å². The lowest BCUT2D eigenvalue weighted by Crippen LogP contribution is -2.52. The molecule has 0 bridgehead atoms. The summed E-state index contributed by atoms with van der Waals surface area (Å²) >= 11 is 19.1. The number of carbonyl (C=O) groups excluding carboxylic acids is 3. The molecule has 2 atom stereocenters. The van der Waals surface area contributed by atoms with Crippen LogP contribution in [0.2, 0.25) is 0 Å². The van der Waals surface area contributed by atoms with Gasteiger partial charge in [0.25, 0.3) is 0 Å². The van der Waals surface area contributed by atoms with E-state index in [2.05, 4.69) is 31.4 Å². The van der Waals surface area contributed by atoms with Gasteiger partial charge in [-0.2, -0.15) is 11.8 Å². The van der Waals surface area contributed by atoms with Crippen LogP contribution in [0.15, 0.2) is 54.6 Å². The molecule has 2 rings (SSSR count). The third-order valence-corrected chi connectivity index (χ3v) is 7.31. The summed E-state index contributed by atoms with van der Waals surface area (Å²) in [5.74, 6) is 0.168. The van der Waals surface area contributed by atoms with Crippen molar-refractivity contribution in [2.45, 2.75) is 54.9 Å². The molecule has 3 amide bonds. The van der Waals surface area contributed by atoms with Gasteiger partial charge in [-0.15, -0.1) is 0 Å². The molecule has 0 aromatic heterocycles. The van der Waals surface area contributed by atoms with Crippen LogP contribution in [0.4, 0.5) is 4.79 Å². The summed E-state index contributed by atoms with van der Waals surface area (Å²) in [6.45, 7) is 7.27. The largest absolute Gasteiger partial charge is 0.497 e. The van der Waals surface area contributed by atoms with Crippen molar-refractivity contribution in [3.8, 4) is 5.75 Å². The molecule has 40 heavy (non-hydrogen) atoms. The van der Waals surface area contributed by atoms with Gasteiger partial charge in [0.1, 0.15) is 18.4 Å². The molecule has 0 radical (unpaired) electrons. The van der Waals surface area contributed by atoms with E-state index in [-0.39, 0.29) is 17.2 Å². The summed E-state index contributed by atoms with van der Waals surface area (Å²) in [5.41, 5.74) is 1.68. The van der Waals surface area contributed by atoms with Crippen LogP contribution in [0.25, 0.3) is 0 Å². The Hall–Kier alpha value is -2.33. The van der Waals surface area contributed by atoms with Crippen molar-refractivity contribution in [3.63, 3.8) is 0 Å². The fraction of sp³-hybridized carbons (Fsp3) is 0.464. The monoisotopic (exact) mass is 631 g/mol. The molecule has 0 fully saturated rings. The molecule has 0 spiro atoms. The molecule has 2 aromatic rings. The summed E-state index contributed by atoms with van der Waals surface area (Å²) in [6.07, 6.45) is -0.835. The van der Waals surface area contributed by atoms with Crippen molar-refractivity contribution in [1.29, 1.82) is 0 Å². The van der Waals surface area contributed by atoms with Crippen LogP contribution in [0.5, 0.6) is 5.75 Å². The van der Waals surface area contributed by atoms with Gasteiger partial charge in [-0.05, 0) is 30.2 Å². The lowest BCUT2D eigenvalue weighted by atomic mass is 10.0. The highest BCUT2D eigenvalue weighted by atomic mass is 35.6. The molecule has 0 aliphatic carbocycles. The Morgan fingerprint density at radius 3 is 2.15 bits per heavy atom. The summed E-state index contributed by atoms with van der Waals surface area (Å²) < 4.78 is 8.64. The van der Waals surface area contributed by atoms with Gasteiger partial charge in [0.15, 0.2) is 0 Å². The number of thioether (sulfide) groups is 1. The minimum absolute atomic E-state index is 0.139. The Morgan fingerprint density at radius 2 is 1.60 bits per heavy atom. The number of carbonyl (C=O) groups is 3. The summed E-state index contributed by atoms with van der Waals surface area (Å²) in [6, 6.07) is 15.0. The van der Waals surface area contributed by atoms with Crippen LogP contribution in [-0.2, 0) is 20.9 Å². The van der Waals surface area contributed by atoms with Crippen LogP contribution >= 0.6 is 46.6 Å². The maximum Gasteiger partial charge on any atom is 0.411 e. The van der Waals surface area contributed by atoms with E-state index in [1.165, 1.54) is 4.90 Å². The molecule has 0 heterocycles. The fourth-order valence-corrected chi connectivity index (χ4v) is 4.74. The van der Waals surface area contributed by atoms with Crippen molar-refractivity contribution in [1.82, 2.24) is 15.5 Å². The van der Waals surface area contributed by atoms with Crippen molar-refractivity contribution in [3.05, 3.63) is 65.7 Å². The fourth-order valence-electron chi connectivity index (χ4n) is 3.57. The van der Waals surface area contributed by atoms with E-state index in [0.29, 0.717) is 18.0 Å². The second-order valence-electron chi connectivity index (χ2n) is 9.95. The molecule has 0 saturated heterocycles. The number of halogens is 3. The van der Waals surface area contributed by atoms with Crippen LogP contribution in [0.3, 0.4) is 0 Å². The van der Waals surface area contributed by atoms with Gasteiger partial charge in [-0.3, -0.25) is 14.5 Å². The van der Waals surface area contributed by atoms with Gasteiger partial charge < -0.3 is 20.1 Å². The predicted octanol–water partition coefficient (Wildman–Crippen LogP) is 5.90. The normalized spacial score (nSPS) is 13.1. The Kier molecular flexibility index (Phi) is 13.2. The Morgan fingerprint density at radius 1 is 0.975 bits per heavy atom. The van der Waals surface area contributed by atoms with E-state index < -0.39 is 34.5 Å². The van der Waals surface area contributed by atoms with Gasteiger partial charge in [-0.1, -0.05) is 98.0 Å². The molecule has 0 aliphatic rings. The molecule has 2 aromatic carbocycles. The zero-order chi connectivity index (χ0) is 29.9. The lowest BCUT2D eigenvalue weighted by molar-refractivity contribution is -0.129. The smallest absolute Gasteiger partial charge is 0.411 e. The van der Waals surface area contributed by atoms with Crippen LogP contribution in [0.1, 0.15) is 44.9 Å². The minimum atomic E-state index is -1.83. The van der Waals surface area contributed by atoms with Crippen molar-refractivity contribution >= 4 is 64.5 Å². The maximum absolute atomic E-state index is 13.4. The highest BCUT2D eigenvalue weighted by Crippen LogP contribution is 2.35. The number of hydrogen-bond donors (Lipinski definition) is 2. The first kappa shape index (κ1) is 33.9. The minimum Gasteiger partial charge on any atom is -0.497 e. The molecule has 8 nitrogen and oxygen atoms in total. The van der Waals surface area contributed by atoms with Crippen molar-refractivity contribution in [2.24, 2.45) is 0 Å². The van der Waals surface area contributed by atoms with E-state index >= 15 is 0 Å². The van der Waals surface area contributed by atoms with Gasteiger partial charge in [0.05, 0.1) is 19.7 Å². The van der Waals surface area contributed by atoms with E-state index in [1.54, 1.807) is 37.9 Å². The maximum atomic E-state index is 13.4. The number of nitrogens with zero attached hydrogens (tertiary/aromatic N) is 1. The molecular weight excluding hydrogens is 597 g/mol. The topological polar surface area (TPSA) is 97.0 Å². The number of amides is 3. The Balaban J connectivity index is 2.26. The standard InChI is InChI=1S/C28H36Cl3N3O5S/c1-19(25(36)33-16-24(35)32-15-20-9-7-6-8-10-20)34(26(37)39-18-28(29,30)31)23(17-40-27(2,3)4)21-11-13-22(38-5)14-12-21/h6-14,19,23H,15-18H2,1-5H3,(H,32,35)(H,33,36)/t19-,23-/m0/s1. The molecule has 0 aliphatic heterocycles. The number of rotatable bonds is 12. The second kappa shape index (κ2) is 15.6. The van der Waals surface area contributed by atoms with Crippen LogP contribution in [-0.4, -0.2) is 63.4 Å². The third-order valence-electron chi connectivity index (χ3n) is 5.63. The average Bonchev–Trinajstić information content (AvgIpc) is 2.91. The predicted molar refractivity (Wildman–Crippen MR) is 162 cm³/mol. The van der Waals surface area contributed by atoms with E-state index in [0.717, 1.165) is 11.1 Å². The average molecular weight is 633 g/mol. The number of nitrogens with one attached hydrogen (secondary N) is 2. The van der Waals surface area contributed by atoms with Crippen molar-refractivity contribution < 1.29 is 23.9 Å². The summed E-state index contributed by atoms with van der Waals surface area (Å²) in [5, 5.41) is 5.38. The quantitative estimate of drug-likeness (QED) is 0.283. The first-order valence-corrected chi connectivity index (χ1v) is 14.7. The first-order chi connectivity index (χ1) is 18.7. The number of methoxy groups -OCH3 is 1. The molecule has 0 unspecified atom stereocenters. The number of ether oxygens (including phenoxy) is 2. The Labute approximate surface area is 255 Å². The molecule has 0 saturated carbocycles. The molecule has 220 valence electrons. The SMILES string of the molecule is COc1ccc([C@H](CSC(C)(C)C)N(C(=O)OCC(Cl)(Cl)Cl)[C@@H](C)C(=O)NCC(=O)NCc2ccccc2)cc1. The zero-order valence-corrected chi connectivity index (χ0v) is 26.3. The zero-order valence-electron chi connectivity index (χ0n) is 23.2. The number of hydrogen-bond acceptors (Lipinski definition) is 6. The van der Waals surface area contributed by atoms with Gasteiger partial charge in [0, 0.05) is 17.0 Å². The second-order valence-corrected chi connectivity index (χ2v) is 14.3. The van der Waals surface area contributed by atoms with E-state index in [4.69, 9.17) is 44.3 Å². The molecule has 2 N–H and O–H groups in total. The van der Waals surface area contributed by atoms with E-state index in [9.17, 15) is 14.4 Å². The lowest BCUT2D eigenvalue weighted by Gasteiger charge is -2.36. The summed E-state index contributed by atoms with van der Waals surface area (Å²) in [4.78, 5) is 40.4. The summed E-state index contributed by atoms with van der Waals surface area (Å²) in [7, 11) is 1.56. The molecule has 12 heteroatoms. The van der Waals surface area contributed by atoms with Gasteiger partial charge >= 0.3 is 6.09 Å². The highest BCUT2D eigenvalue weighted by Gasteiger charge is 2.36. The number of alkyl halides is 3. The Bertz CT molecular complexity index is 1110. The van der Waals surface area contributed by atoms with Crippen molar-refractivity contribution in [2.75, 3.05) is 26.0 Å². The first-order valence-electron chi connectivity index (χ1n) is 12.6. The highest BCUT2D eigenvalue weighted by molar-refractivity contribution is 8.00. The third kappa shape index (κ3) is 12.0.